The second-order valence-electron chi connectivity index (χ2n) is 5.23. The van der Waals surface area contributed by atoms with Crippen LogP contribution in [0.3, 0.4) is 0 Å². The first-order chi connectivity index (χ1) is 8.07. The SMILES string of the molecule is COc1ccc(C(C)(C)C)cc1C(N)C(F)(F)F. The van der Waals surface area contributed by atoms with E-state index in [-0.39, 0.29) is 16.7 Å². The van der Waals surface area contributed by atoms with E-state index in [1.165, 1.54) is 19.2 Å². The minimum Gasteiger partial charge on any atom is -0.496 e. The molecule has 0 saturated heterocycles. The summed E-state index contributed by atoms with van der Waals surface area (Å²) in [5.41, 5.74) is 5.77. The molecule has 0 heterocycles. The van der Waals surface area contributed by atoms with Gasteiger partial charge in [0.05, 0.1) is 7.11 Å². The van der Waals surface area contributed by atoms with E-state index in [1.807, 2.05) is 20.8 Å². The summed E-state index contributed by atoms with van der Waals surface area (Å²) in [4.78, 5) is 0. The Kier molecular flexibility index (Phi) is 3.96. The zero-order valence-corrected chi connectivity index (χ0v) is 10.9. The summed E-state index contributed by atoms with van der Waals surface area (Å²) < 4.78 is 43.0. The zero-order valence-electron chi connectivity index (χ0n) is 10.9. The molecule has 1 aromatic rings. The Balaban J connectivity index is 3.31. The number of rotatable bonds is 2. The van der Waals surface area contributed by atoms with Gasteiger partial charge in [0, 0.05) is 5.56 Å². The number of alkyl halides is 3. The number of hydrogen-bond acceptors (Lipinski definition) is 2. The van der Waals surface area contributed by atoms with Crippen molar-refractivity contribution >= 4 is 0 Å². The molecule has 2 nitrogen and oxygen atoms in total. The Labute approximate surface area is 105 Å². The molecule has 0 bridgehead atoms. The summed E-state index contributed by atoms with van der Waals surface area (Å²) in [5, 5.41) is 0. The van der Waals surface area contributed by atoms with E-state index in [0.29, 0.717) is 0 Å². The first kappa shape index (κ1) is 14.8. The fourth-order valence-electron chi connectivity index (χ4n) is 1.62. The number of methoxy groups -OCH3 is 1. The summed E-state index contributed by atoms with van der Waals surface area (Å²) >= 11 is 0. The lowest BCUT2D eigenvalue weighted by molar-refractivity contribution is -0.149. The Bertz CT molecular complexity index is 421. The van der Waals surface area contributed by atoms with Crippen LogP contribution in [0.2, 0.25) is 0 Å². The van der Waals surface area contributed by atoms with Crippen molar-refractivity contribution < 1.29 is 17.9 Å². The van der Waals surface area contributed by atoms with Gasteiger partial charge in [-0.2, -0.15) is 13.2 Å². The molecule has 0 aliphatic heterocycles. The van der Waals surface area contributed by atoms with Gasteiger partial charge < -0.3 is 10.5 Å². The fourth-order valence-corrected chi connectivity index (χ4v) is 1.62. The van der Waals surface area contributed by atoms with Gasteiger partial charge in [-0.15, -0.1) is 0 Å². The van der Waals surface area contributed by atoms with Gasteiger partial charge in [0.1, 0.15) is 11.8 Å². The van der Waals surface area contributed by atoms with Crippen molar-refractivity contribution in [3.05, 3.63) is 29.3 Å². The minimum absolute atomic E-state index is 0.0302. The van der Waals surface area contributed by atoms with Crippen LogP contribution in [-0.4, -0.2) is 13.3 Å². The largest absolute Gasteiger partial charge is 0.496 e. The molecule has 0 aliphatic carbocycles. The smallest absolute Gasteiger partial charge is 0.407 e. The summed E-state index contributed by atoms with van der Waals surface area (Å²) in [7, 11) is 1.33. The predicted molar refractivity (Wildman–Crippen MR) is 64.7 cm³/mol. The average Bonchev–Trinajstić information content (AvgIpc) is 2.24. The maximum Gasteiger partial charge on any atom is 0.407 e. The lowest BCUT2D eigenvalue weighted by atomic mass is 9.85. The van der Waals surface area contributed by atoms with Crippen LogP contribution in [0.5, 0.6) is 5.75 Å². The van der Waals surface area contributed by atoms with Crippen LogP contribution in [0, 0.1) is 0 Å². The number of nitrogens with two attached hydrogens (primary N) is 1. The van der Waals surface area contributed by atoms with Crippen LogP contribution in [0.4, 0.5) is 13.2 Å². The van der Waals surface area contributed by atoms with E-state index < -0.39 is 12.2 Å². The molecule has 1 atom stereocenters. The molecule has 0 fully saturated rings. The second kappa shape index (κ2) is 4.80. The molecular weight excluding hydrogens is 243 g/mol. The topological polar surface area (TPSA) is 35.2 Å². The van der Waals surface area contributed by atoms with Gasteiger partial charge >= 0.3 is 6.18 Å². The standard InChI is InChI=1S/C13H18F3NO/c1-12(2,3)8-5-6-10(18-4)9(7-8)11(17)13(14,15)16/h5-7,11H,17H2,1-4H3. The first-order valence-electron chi connectivity index (χ1n) is 5.58. The monoisotopic (exact) mass is 261 g/mol. The summed E-state index contributed by atoms with van der Waals surface area (Å²) in [5.74, 6) is 0.160. The van der Waals surface area contributed by atoms with Crippen molar-refractivity contribution in [2.45, 2.75) is 38.4 Å². The third-order valence-corrected chi connectivity index (χ3v) is 2.78. The van der Waals surface area contributed by atoms with Gasteiger partial charge in [-0.1, -0.05) is 26.8 Å². The molecule has 0 aliphatic rings. The number of hydrogen-bond donors (Lipinski definition) is 1. The molecule has 102 valence electrons. The van der Waals surface area contributed by atoms with Gasteiger partial charge in [-0.3, -0.25) is 0 Å². The van der Waals surface area contributed by atoms with Crippen LogP contribution < -0.4 is 10.5 Å². The van der Waals surface area contributed by atoms with E-state index in [0.717, 1.165) is 5.56 Å². The molecule has 1 rings (SSSR count). The van der Waals surface area contributed by atoms with Crippen LogP contribution >= 0.6 is 0 Å². The van der Waals surface area contributed by atoms with Crippen LogP contribution in [0.1, 0.15) is 37.9 Å². The van der Waals surface area contributed by atoms with E-state index in [9.17, 15) is 13.2 Å². The third kappa shape index (κ3) is 3.16. The highest BCUT2D eigenvalue weighted by Crippen LogP contribution is 2.37. The average molecular weight is 261 g/mol. The summed E-state index contributed by atoms with van der Waals surface area (Å²) in [6, 6.07) is 2.72. The maximum atomic E-state index is 12.7. The first-order valence-corrected chi connectivity index (χ1v) is 5.58. The Hall–Kier alpha value is -1.23. The lowest BCUT2D eigenvalue weighted by Gasteiger charge is -2.24. The van der Waals surface area contributed by atoms with Gasteiger partial charge in [0.2, 0.25) is 0 Å². The van der Waals surface area contributed by atoms with Gasteiger partial charge in [-0.25, -0.2) is 0 Å². The van der Waals surface area contributed by atoms with Crippen molar-refractivity contribution in [3.8, 4) is 5.75 Å². The van der Waals surface area contributed by atoms with Crippen molar-refractivity contribution in [1.29, 1.82) is 0 Å². The maximum absolute atomic E-state index is 12.7. The van der Waals surface area contributed by atoms with Crippen LogP contribution in [0.15, 0.2) is 18.2 Å². The van der Waals surface area contributed by atoms with Crippen molar-refractivity contribution in [3.63, 3.8) is 0 Å². The molecular formula is C13H18F3NO. The molecule has 0 aromatic heterocycles. The zero-order chi connectivity index (χ0) is 14.1. The number of benzene rings is 1. The highest BCUT2D eigenvalue weighted by Gasteiger charge is 2.39. The van der Waals surface area contributed by atoms with Crippen molar-refractivity contribution in [2.24, 2.45) is 5.73 Å². The Morgan fingerprint density at radius 1 is 1.17 bits per heavy atom. The third-order valence-electron chi connectivity index (χ3n) is 2.78. The molecule has 0 amide bonds. The van der Waals surface area contributed by atoms with Crippen molar-refractivity contribution in [2.75, 3.05) is 7.11 Å². The van der Waals surface area contributed by atoms with Crippen LogP contribution in [-0.2, 0) is 5.41 Å². The Morgan fingerprint density at radius 3 is 2.11 bits per heavy atom. The molecule has 18 heavy (non-hydrogen) atoms. The minimum atomic E-state index is -4.48. The summed E-state index contributed by atoms with van der Waals surface area (Å²) in [6.45, 7) is 5.78. The summed E-state index contributed by atoms with van der Waals surface area (Å²) in [6.07, 6.45) is -4.48. The van der Waals surface area contributed by atoms with E-state index in [2.05, 4.69) is 0 Å². The quantitative estimate of drug-likeness (QED) is 0.883. The lowest BCUT2D eigenvalue weighted by Crippen LogP contribution is -2.29. The second-order valence-corrected chi connectivity index (χ2v) is 5.23. The van der Waals surface area contributed by atoms with Gasteiger partial charge in [0.15, 0.2) is 0 Å². The Morgan fingerprint density at radius 2 is 1.72 bits per heavy atom. The van der Waals surface area contributed by atoms with Gasteiger partial charge in [-0.05, 0) is 23.1 Å². The van der Waals surface area contributed by atoms with E-state index >= 15 is 0 Å². The molecule has 0 spiro atoms. The number of halogens is 3. The molecule has 5 heteroatoms. The highest BCUT2D eigenvalue weighted by molar-refractivity contribution is 5.42. The van der Waals surface area contributed by atoms with Crippen LogP contribution in [0.25, 0.3) is 0 Å². The molecule has 1 aromatic carbocycles. The molecule has 0 saturated carbocycles. The predicted octanol–water partition coefficient (Wildman–Crippen LogP) is 3.55. The molecule has 2 N–H and O–H groups in total. The van der Waals surface area contributed by atoms with E-state index in [1.54, 1.807) is 6.07 Å². The van der Waals surface area contributed by atoms with E-state index in [4.69, 9.17) is 10.5 Å². The normalized spacial score (nSPS) is 14.4. The van der Waals surface area contributed by atoms with Gasteiger partial charge in [0.25, 0.3) is 0 Å². The number of ether oxygens (including phenoxy) is 1. The molecule has 1 unspecified atom stereocenters. The highest BCUT2D eigenvalue weighted by atomic mass is 19.4. The van der Waals surface area contributed by atoms with Crippen molar-refractivity contribution in [1.82, 2.24) is 0 Å². The fraction of sp³-hybridized carbons (Fsp3) is 0.538. The molecule has 0 radical (unpaired) electrons.